The smallest absolute Gasteiger partial charge is 0.223 e. The summed E-state index contributed by atoms with van der Waals surface area (Å²) in [5.41, 5.74) is 3.94. The molecule has 0 amide bonds. The summed E-state index contributed by atoms with van der Waals surface area (Å²) in [5.74, 6) is 1.75. The van der Waals surface area contributed by atoms with E-state index in [0.717, 1.165) is 28.5 Å². The van der Waals surface area contributed by atoms with E-state index in [2.05, 4.69) is 34.1 Å². The van der Waals surface area contributed by atoms with Crippen LogP contribution >= 0.6 is 0 Å². The lowest BCUT2D eigenvalue weighted by atomic mass is 10.1. The van der Waals surface area contributed by atoms with Crippen molar-refractivity contribution in [3.63, 3.8) is 0 Å². The molecule has 5 rings (SSSR count). The van der Waals surface area contributed by atoms with Crippen LogP contribution in [0.5, 0.6) is 11.8 Å². The molecule has 32 heavy (non-hydrogen) atoms. The van der Waals surface area contributed by atoms with Gasteiger partial charge in [-0.05, 0) is 36.4 Å². The van der Waals surface area contributed by atoms with Gasteiger partial charge in [0.2, 0.25) is 11.8 Å². The number of rotatable bonds is 6. The van der Waals surface area contributed by atoms with E-state index in [4.69, 9.17) is 9.72 Å². The van der Waals surface area contributed by atoms with Crippen LogP contribution in [0.3, 0.4) is 0 Å². The molecule has 0 fully saturated rings. The normalized spacial score (nSPS) is 10.5. The minimum absolute atomic E-state index is 0.483. The molecule has 0 N–H and O–H groups in total. The molecule has 0 spiro atoms. The lowest BCUT2D eigenvalue weighted by Gasteiger charge is -2.24. The second-order valence-electron chi connectivity index (χ2n) is 7.17. The Bertz CT molecular complexity index is 1250. The number of benzene rings is 3. The fraction of sp³-hybridized carbons (Fsp3) is 0. The van der Waals surface area contributed by atoms with E-state index in [0.29, 0.717) is 11.8 Å². The van der Waals surface area contributed by atoms with Crippen LogP contribution in [-0.4, -0.2) is 9.97 Å². The molecule has 0 saturated heterocycles. The van der Waals surface area contributed by atoms with Gasteiger partial charge in [0, 0.05) is 29.1 Å². The summed E-state index contributed by atoms with van der Waals surface area (Å²) in [7, 11) is 0. The SMILES string of the molecule is c1ccc(-c2cccc(Oc3cccc(N(c4ccccc4)c4ccccc4)n3)n2)cc1. The summed E-state index contributed by atoms with van der Waals surface area (Å²) in [6, 6.07) is 41.9. The van der Waals surface area contributed by atoms with Gasteiger partial charge in [-0.2, -0.15) is 4.98 Å². The molecule has 2 heterocycles. The first-order valence-corrected chi connectivity index (χ1v) is 10.4. The maximum Gasteiger partial charge on any atom is 0.223 e. The first kappa shape index (κ1) is 19.5. The lowest BCUT2D eigenvalue weighted by Crippen LogP contribution is -2.11. The van der Waals surface area contributed by atoms with Gasteiger partial charge >= 0.3 is 0 Å². The lowest BCUT2D eigenvalue weighted by molar-refractivity contribution is 0.446. The summed E-state index contributed by atoms with van der Waals surface area (Å²) in [6.45, 7) is 0. The van der Waals surface area contributed by atoms with Crippen molar-refractivity contribution in [2.45, 2.75) is 0 Å². The van der Waals surface area contributed by atoms with Crippen LogP contribution in [0.25, 0.3) is 11.3 Å². The van der Waals surface area contributed by atoms with Gasteiger partial charge in [-0.1, -0.05) is 78.9 Å². The highest BCUT2D eigenvalue weighted by molar-refractivity contribution is 5.74. The van der Waals surface area contributed by atoms with Gasteiger partial charge in [-0.3, -0.25) is 4.90 Å². The number of pyridine rings is 2. The molecule has 0 aliphatic rings. The second kappa shape index (κ2) is 9.14. The summed E-state index contributed by atoms with van der Waals surface area (Å²) in [5, 5.41) is 0. The molecule has 2 aromatic heterocycles. The molecule has 0 atom stereocenters. The number of nitrogens with zero attached hydrogens (tertiary/aromatic N) is 3. The van der Waals surface area contributed by atoms with Gasteiger partial charge in [-0.15, -0.1) is 0 Å². The predicted molar refractivity (Wildman–Crippen MR) is 129 cm³/mol. The van der Waals surface area contributed by atoms with Crippen LogP contribution in [0, 0.1) is 0 Å². The van der Waals surface area contributed by atoms with Crippen LogP contribution in [0.2, 0.25) is 0 Å². The number of hydrogen-bond acceptors (Lipinski definition) is 4. The van der Waals surface area contributed by atoms with Gasteiger partial charge in [0.25, 0.3) is 0 Å². The first-order chi connectivity index (χ1) is 15.9. The number of ether oxygens (including phenoxy) is 1. The summed E-state index contributed by atoms with van der Waals surface area (Å²) in [6.07, 6.45) is 0. The molecule has 3 aromatic carbocycles. The zero-order chi connectivity index (χ0) is 21.6. The Hall–Kier alpha value is -4.44. The fourth-order valence-corrected chi connectivity index (χ4v) is 3.50. The van der Waals surface area contributed by atoms with E-state index in [-0.39, 0.29) is 0 Å². The Balaban J connectivity index is 1.48. The molecule has 4 nitrogen and oxygen atoms in total. The van der Waals surface area contributed by atoms with E-state index in [1.54, 1.807) is 0 Å². The van der Waals surface area contributed by atoms with Gasteiger partial charge in [0.05, 0.1) is 5.69 Å². The minimum atomic E-state index is 0.483. The van der Waals surface area contributed by atoms with Gasteiger partial charge in [0.1, 0.15) is 5.82 Å². The van der Waals surface area contributed by atoms with Crippen molar-refractivity contribution in [2.75, 3.05) is 4.90 Å². The number of anilines is 3. The van der Waals surface area contributed by atoms with Crippen molar-refractivity contribution >= 4 is 17.2 Å². The quantitative estimate of drug-likeness (QED) is 0.289. The molecule has 0 saturated carbocycles. The molecule has 0 aliphatic heterocycles. The minimum Gasteiger partial charge on any atom is -0.421 e. The van der Waals surface area contributed by atoms with Gasteiger partial charge < -0.3 is 4.74 Å². The zero-order valence-corrected chi connectivity index (χ0v) is 17.4. The third-order valence-corrected chi connectivity index (χ3v) is 4.97. The van der Waals surface area contributed by atoms with Crippen molar-refractivity contribution in [1.82, 2.24) is 9.97 Å². The van der Waals surface area contributed by atoms with Crippen molar-refractivity contribution in [3.8, 4) is 23.0 Å². The fourth-order valence-electron chi connectivity index (χ4n) is 3.50. The predicted octanol–water partition coefficient (Wildman–Crippen LogP) is 7.41. The Morgan fingerprint density at radius 3 is 1.62 bits per heavy atom. The Morgan fingerprint density at radius 1 is 0.469 bits per heavy atom. The van der Waals surface area contributed by atoms with E-state index in [1.165, 1.54) is 0 Å². The highest BCUT2D eigenvalue weighted by Crippen LogP contribution is 2.34. The Morgan fingerprint density at radius 2 is 1.00 bits per heavy atom. The van der Waals surface area contributed by atoms with Crippen LogP contribution in [-0.2, 0) is 0 Å². The van der Waals surface area contributed by atoms with Crippen molar-refractivity contribution in [2.24, 2.45) is 0 Å². The maximum atomic E-state index is 6.05. The molecule has 0 unspecified atom stereocenters. The topological polar surface area (TPSA) is 38.2 Å². The van der Waals surface area contributed by atoms with Crippen LogP contribution in [0.4, 0.5) is 17.2 Å². The summed E-state index contributed by atoms with van der Waals surface area (Å²) < 4.78 is 6.05. The third-order valence-electron chi connectivity index (χ3n) is 4.97. The molecule has 5 aromatic rings. The highest BCUT2D eigenvalue weighted by atomic mass is 16.5. The van der Waals surface area contributed by atoms with E-state index >= 15 is 0 Å². The average Bonchev–Trinajstić information content (AvgIpc) is 2.87. The number of aromatic nitrogens is 2. The van der Waals surface area contributed by atoms with Crippen LogP contribution in [0.15, 0.2) is 127 Å². The van der Waals surface area contributed by atoms with Gasteiger partial charge in [0.15, 0.2) is 0 Å². The van der Waals surface area contributed by atoms with Crippen LogP contribution < -0.4 is 9.64 Å². The molecule has 154 valence electrons. The molecule has 0 aliphatic carbocycles. The molecular weight excluding hydrogens is 394 g/mol. The highest BCUT2D eigenvalue weighted by Gasteiger charge is 2.14. The van der Waals surface area contributed by atoms with Gasteiger partial charge in [-0.25, -0.2) is 4.98 Å². The number of para-hydroxylation sites is 2. The average molecular weight is 415 g/mol. The molecule has 4 heteroatoms. The molecule has 0 bridgehead atoms. The van der Waals surface area contributed by atoms with Crippen molar-refractivity contribution in [1.29, 1.82) is 0 Å². The summed E-state index contributed by atoms with van der Waals surface area (Å²) >= 11 is 0. The third kappa shape index (κ3) is 4.35. The molecular formula is C28H21N3O. The van der Waals surface area contributed by atoms with E-state index < -0.39 is 0 Å². The van der Waals surface area contributed by atoms with E-state index in [1.807, 2.05) is 103 Å². The second-order valence-corrected chi connectivity index (χ2v) is 7.17. The summed E-state index contributed by atoms with van der Waals surface area (Å²) in [4.78, 5) is 11.5. The molecule has 0 radical (unpaired) electrons. The zero-order valence-electron chi connectivity index (χ0n) is 17.4. The largest absolute Gasteiger partial charge is 0.421 e. The van der Waals surface area contributed by atoms with Crippen molar-refractivity contribution < 1.29 is 4.74 Å². The maximum absolute atomic E-state index is 6.05. The van der Waals surface area contributed by atoms with Crippen molar-refractivity contribution in [3.05, 3.63) is 127 Å². The monoisotopic (exact) mass is 415 g/mol. The standard InChI is InChI=1S/C28H21N3O/c1-4-12-22(13-5-1)25-18-10-20-27(29-25)32-28-21-11-19-26(30-28)31(23-14-6-2-7-15-23)24-16-8-3-9-17-24/h1-21H. The Labute approximate surface area is 187 Å². The first-order valence-electron chi connectivity index (χ1n) is 10.4. The Kier molecular flexibility index (Phi) is 5.58. The van der Waals surface area contributed by atoms with Crippen LogP contribution in [0.1, 0.15) is 0 Å². The van der Waals surface area contributed by atoms with E-state index in [9.17, 15) is 0 Å². The number of hydrogen-bond donors (Lipinski definition) is 0.